The lowest BCUT2D eigenvalue weighted by Gasteiger charge is -2.23. The first-order chi connectivity index (χ1) is 11.8. The number of carbonyl (C=O) groups is 2. The minimum atomic E-state index is -3.13. The monoisotopic (exact) mass is 366 g/mol. The molecule has 1 atom stereocenters. The van der Waals surface area contributed by atoms with Crippen LogP contribution < -0.4 is 5.32 Å². The summed E-state index contributed by atoms with van der Waals surface area (Å²) < 4.78 is 33.1. The molecule has 0 bridgehead atoms. The van der Waals surface area contributed by atoms with Crippen molar-refractivity contribution in [3.05, 3.63) is 30.0 Å². The molecular formula is C16H18N2O6S. The lowest BCUT2D eigenvalue weighted by Crippen LogP contribution is -2.48. The van der Waals surface area contributed by atoms with Crippen LogP contribution in [0.4, 0.5) is 0 Å². The number of esters is 1. The Kier molecular flexibility index (Phi) is 4.51. The Labute approximate surface area is 144 Å². The van der Waals surface area contributed by atoms with Crippen LogP contribution in [0.1, 0.15) is 19.0 Å². The van der Waals surface area contributed by atoms with Gasteiger partial charge >= 0.3 is 5.97 Å². The van der Waals surface area contributed by atoms with E-state index >= 15 is 0 Å². The molecule has 1 aromatic heterocycles. The highest BCUT2D eigenvalue weighted by Gasteiger charge is 2.39. The summed E-state index contributed by atoms with van der Waals surface area (Å²) in [7, 11) is -3.13. The van der Waals surface area contributed by atoms with E-state index < -0.39 is 33.9 Å². The summed E-state index contributed by atoms with van der Waals surface area (Å²) in [6.07, 6.45) is 0.232. The number of benzene rings is 1. The molecule has 0 spiro atoms. The van der Waals surface area contributed by atoms with Crippen LogP contribution in [0, 0.1) is 0 Å². The largest absolute Gasteiger partial charge is 0.455 e. The van der Waals surface area contributed by atoms with Crippen LogP contribution in [0.25, 0.3) is 11.0 Å². The van der Waals surface area contributed by atoms with Crippen molar-refractivity contribution in [2.24, 2.45) is 0 Å². The van der Waals surface area contributed by atoms with Crippen LogP contribution >= 0.6 is 0 Å². The topological polar surface area (TPSA) is 116 Å². The van der Waals surface area contributed by atoms with E-state index in [-0.39, 0.29) is 17.9 Å². The van der Waals surface area contributed by atoms with Gasteiger partial charge in [0, 0.05) is 5.39 Å². The third kappa shape index (κ3) is 4.16. The predicted octanol–water partition coefficient (Wildman–Crippen LogP) is 0.607. The van der Waals surface area contributed by atoms with Crippen LogP contribution in [0.5, 0.6) is 0 Å². The van der Waals surface area contributed by atoms with Gasteiger partial charge in [0.2, 0.25) is 0 Å². The molecule has 1 amide bonds. The first-order valence-electron chi connectivity index (χ1n) is 7.77. The molecule has 1 aromatic carbocycles. The molecule has 0 unspecified atom stereocenters. The number of ether oxygens (including phenoxy) is 1. The molecule has 1 fully saturated rings. The van der Waals surface area contributed by atoms with Crippen molar-refractivity contribution in [1.29, 1.82) is 0 Å². The fraction of sp³-hybridized carbons (Fsp3) is 0.438. The van der Waals surface area contributed by atoms with Crippen molar-refractivity contribution >= 4 is 32.7 Å². The van der Waals surface area contributed by atoms with Gasteiger partial charge in [0.25, 0.3) is 5.91 Å². The molecule has 3 rings (SSSR count). The molecule has 1 aliphatic rings. The number of nitrogens with zero attached hydrogens (tertiary/aromatic N) is 1. The highest BCUT2D eigenvalue weighted by atomic mass is 32.2. The summed E-state index contributed by atoms with van der Waals surface area (Å²) in [5, 5.41) is 7.17. The average molecular weight is 366 g/mol. The van der Waals surface area contributed by atoms with Crippen LogP contribution in [-0.4, -0.2) is 49.1 Å². The number of hydrogen-bond acceptors (Lipinski definition) is 7. The maximum atomic E-state index is 11.9. The number of carbonyl (C=O) groups excluding carboxylic acids is 2. The van der Waals surface area contributed by atoms with Crippen molar-refractivity contribution in [1.82, 2.24) is 10.5 Å². The van der Waals surface area contributed by atoms with E-state index in [9.17, 15) is 18.0 Å². The molecule has 1 aliphatic heterocycles. The molecule has 9 heteroatoms. The van der Waals surface area contributed by atoms with Crippen LogP contribution in [-0.2, 0) is 30.6 Å². The first kappa shape index (κ1) is 17.4. The number of aromatic nitrogens is 1. The maximum Gasteiger partial charge on any atom is 0.312 e. The van der Waals surface area contributed by atoms with E-state index in [4.69, 9.17) is 9.26 Å². The molecule has 8 nitrogen and oxygen atoms in total. The van der Waals surface area contributed by atoms with E-state index in [0.717, 1.165) is 0 Å². The summed E-state index contributed by atoms with van der Waals surface area (Å²) >= 11 is 0. The van der Waals surface area contributed by atoms with E-state index in [0.29, 0.717) is 23.1 Å². The Bertz CT molecular complexity index is 920. The zero-order valence-electron chi connectivity index (χ0n) is 13.6. The second-order valence-corrected chi connectivity index (χ2v) is 8.60. The smallest absolute Gasteiger partial charge is 0.312 e. The third-order valence-electron chi connectivity index (χ3n) is 4.07. The SMILES string of the molecule is C[C@]1(NC(=O)COC(=O)Cc2noc3ccccc23)CCS(=O)(=O)C1. The average Bonchev–Trinajstić information content (AvgIpc) is 3.06. The molecular weight excluding hydrogens is 348 g/mol. The highest BCUT2D eigenvalue weighted by Crippen LogP contribution is 2.22. The fourth-order valence-electron chi connectivity index (χ4n) is 2.88. The molecule has 134 valence electrons. The van der Waals surface area contributed by atoms with Gasteiger partial charge in [-0.15, -0.1) is 0 Å². The van der Waals surface area contributed by atoms with Gasteiger partial charge in [-0.2, -0.15) is 0 Å². The maximum absolute atomic E-state index is 11.9. The quantitative estimate of drug-likeness (QED) is 0.771. The first-order valence-corrected chi connectivity index (χ1v) is 9.59. The Morgan fingerprint density at radius 3 is 2.84 bits per heavy atom. The number of nitrogens with one attached hydrogen (secondary N) is 1. The van der Waals surface area contributed by atoms with Crippen LogP contribution in [0.3, 0.4) is 0 Å². The molecule has 1 saturated heterocycles. The van der Waals surface area contributed by atoms with Gasteiger partial charge in [0.05, 0.1) is 23.5 Å². The number of amides is 1. The molecule has 0 radical (unpaired) electrons. The van der Waals surface area contributed by atoms with Crippen molar-refractivity contribution < 1.29 is 27.3 Å². The molecule has 0 saturated carbocycles. The molecule has 25 heavy (non-hydrogen) atoms. The number of para-hydroxylation sites is 1. The zero-order valence-corrected chi connectivity index (χ0v) is 14.5. The highest BCUT2D eigenvalue weighted by molar-refractivity contribution is 7.91. The molecule has 2 aromatic rings. The summed E-state index contributed by atoms with van der Waals surface area (Å²) in [6.45, 7) is 1.20. The second-order valence-electron chi connectivity index (χ2n) is 6.41. The van der Waals surface area contributed by atoms with Gasteiger partial charge in [-0.3, -0.25) is 9.59 Å². The van der Waals surface area contributed by atoms with Crippen molar-refractivity contribution in [3.8, 4) is 0 Å². The fourth-order valence-corrected chi connectivity index (χ4v) is 4.97. The van der Waals surface area contributed by atoms with Gasteiger partial charge in [-0.05, 0) is 25.5 Å². The van der Waals surface area contributed by atoms with Crippen LogP contribution in [0.2, 0.25) is 0 Å². The minimum Gasteiger partial charge on any atom is -0.455 e. The van der Waals surface area contributed by atoms with E-state index in [1.165, 1.54) is 0 Å². The number of sulfone groups is 1. The predicted molar refractivity (Wildman–Crippen MR) is 88.5 cm³/mol. The third-order valence-corrected chi connectivity index (χ3v) is 5.98. The standard InChI is InChI=1S/C16H18N2O6S/c1-16(6-7-25(21,22)10-16)17-14(19)9-23-15(20)8-12-11-4-2-3-5-13(11)24-18-12/h2-5H,6-10H2,1H3,(H,17,19)/t16-/m0/s1. The van der Waals surface area contributed by atoms with Gasteiger partial charge in [-0.25, -0.2) is 8.42 Å². The molecule has 2 heterocycles. The van der Waals surface area contributed by atoms with Gasteiger partial charge in [0.15, 0.2) is 22.0 Å². The van der Waals surface area contributed by atoms with E-state index in [1.54, 1.807) is 31.2 Å². The van der Waals surface area contributed by atoms with Crippen LogP contribution in [0.15, 0.2) is 28.8 Å². The summed E-state index contributed by atoms with van der Waals surface area (Å²) in [5.74, 6) is -1.20. The van der Waals surface area contributed by atoms with E-state index in [1.807, 2.05) is 0 Å². The van der Waals surface area contributed by atoms with Gasteiger partial charge in [0.1, 0.15) is 5.69 Å². The van der Waals surface area contributed by atoms with Crippen molar-refractivity contribution in [2.75, 3.05) is 18.1 Å². The zero-order chi connectivity index (χ0) is 18.1. The Morgan fingerprint density at radius 1 is 1.36 bits per heavy atom. The van der Waals surface area contributed by atoms with Crippen molar-refractivity contribution in [3.63, 3.8) is 0 Å². The lowest BCUT2D eigenvalue weighted by molar-refractivity contribution is -0.148. The van der Waals surface area contributed by atoms with E-state index in [2.05, 4.69) is 10.5 Å². The Morgan fingerprint density at radius 2 is 2.12 bits per heavy atom. The second kappa shape index (κ2) is 6.47. The van der Waals surface area contributed by atoms with Crippen molar-refractivity contribution in [2.45, 2.75) is 25.3 Å². The molecule has 0 aliphatic carbocycles. The Balaban J connectivity index is 1.51. The van der Waals surface area contributed by atoms with Gasteiger partial charge in [-0.1, -0.05) is 17.3 Å². The number of fused-ring (bicyclic) bond motifs is 1. The molecule has 1 N–H and O–H groups in total. The minimum absolute atomic E-state index is 0.0444. The lowest BCUT2D eigenvalue weighted by atomic mass is 10.0. The normalized spacial score (nSPS) is 22.0. The summed E-state index contributed by atoms with van der Waals surface area (Å²) in [6, 6.07) is 7.12. The Hall–Kier alpha value is -2.42. The summed E-state index contributed by atoms with van der Waals surface area (Å²) in [4.78, 5) is 23.8. The number of hydrogen-bond donors (Lipinski definition) is 1. The number of rotatable bonds is 5. The van der Waals surface area contributed by atoms with Gasteiger partial charge < -0.3 is 14.6 Å². The summed E-state index contributed by atoms with van der Waals surface area (Å²) in [5.41, 5.74) is 0.193.